The fraction of sp³-hybridized carbons (Fsp3) is 0.500. The standard InChI is InChI=1S/C12H16FN/c1-8(2)12(7-11(12)14)9-5-3-4-6-10(9)13/h3-6,8,11H,7,14H2,1-2H3/t11-,12?/m1/s1. The second kappa shape index (κ2) is 3.06. The average molecular weight is 193 g/mol. The Balaban J connectivity index is 2.44. The van der Waals surface area contributed by atoms with Crippen molar-refractivity contribution in [3.63, 3.8) is 0 Å². The largest absolute Gasteiger partial charge is 0.327 e. The van der Waals surface area contributed by atoms with Crippen molar-refractivity contribution in [2.24, 2.45) is 11.7 Å². The second-order valence-corrected chi connectivity index (χ2v) is 4.49. The summed E-state index contributed by atoms with van der Waals surface area (Å²) < 4.78 is 13.6. The number of halogens is 1. The summed E-state index contributed by atoms with van der Waals surface area (Å²) in [5, 5.41) is 0. The van der Waals surface area contributed by atoms with Crippen molar-refractivity contribution in [1.82, 2.24) is 0 Å². The number of benzene rings is 1. The Hall–Kier alpha value is -0.890. The first kappa shape index (κ1) is 9.66. The molecule has 1 aliphatic rings. The van der Waals surface area contributed by atoms with Gasteiger partial charge in [0.15, 0.2) is 0 Å². The van der Waals surface area contributed by atoms with Gasteiger partial charge in [-0.1, -0.05) is 32.0 Å². The van der Waals surface area contributed by atoms with Crippen molar-refractivity contribution in [2.45, 2.75) is 31.7 Å². The van der Waals surface area contributed by atoms with E-state index in [4.69, 9.17) is 5.73 Å². The predicted octanol–water partition coefficient (Wildman–Crippen LogP) is 2.45. The fourth-order valence-corrected chi connectivity index (χ4v) is 2.43. The Morgan fingerprint density at radius 2 is 2.00 bits per heavy atom. The van der Waals surface area contributed by atoms with Crippen LogP contribution in [0.15, 0.2) is 24.3 Å². The van der Waals surface area contributed by atoms with E-state index in [0.717, 1.165) is 12.0 Å². The lowest BCUT2D eigenvalue weighted by Gasteiger charge is -2.21. The van der Waals surface area contributed by atoms with Crippen LogP contribution in [0.3, 0.4) is 0 Å². The van der Waals surface area contributed by atoms with Gasteiger partial charge in [0.05, 0.1) is 0 Å². The maximum absolute atomic E-state index is 13.6. The zero-order chi connectivity index (χ0) is 10.3. The van der Waals surface area contributed by atoms with E-state index < -0.39 is 0 Å². The normalized spacial score (nSPS) is 30.8. The van der Waals surface area contributed by atoms with Gasteiger partial charge in [0.1, 0.15) is 5.82 Å². The third-order valence-electron chi connectivity index (χ3n) is 3.46. The van der Waals surface area contributed by atoms with Crippen LogP contribution in [0, 0.1) is 11.7 Å². The Morgan fingerprint density at radius 1 is 1.43 bits per heavy atom. The summed E-state index contributed by atoms with van der Waals surface area (Å²) in [5.74, 6) is 0.281. The van der Waals surface area contributed by atoms with E-state index in [-0.39, 0.29) is 17.3 Å². The van der Waals surface area contributed by atoms with Crippen molar-refractivity contribution in [3.8, 4) is 0 Å². The predicted molar refractivity (Wildman–Crippen MR) is 55.5 cm³/mol. The van der Waals surface area contributed by atoms with E-state index in [1.807, 2.05) is 12.1 Å². The fourth-order valence-electron chi connectivity index (χ4n) is 2.43. The van der Waals surface area contributed by atoms with E-state index in [0.29, 0.717) is 5.92 Å². The van der Waals surface area contributed by atoms with Crippen LogP contribution in [-0.4, -0.2) is 6.04 Å². The maximum atomic E-state index is 13.6. The van der Waals surface area contributed by atoms with Crippen molar-refractivity contribution in [3.05, 3.63) is 35.6 Å². The lowest BCUT2D eigenvalue weighted by Crippen LogP contribution is -2.25. The van der Waals surface area contributed by atoms with Gasteiger partial charge < -0.3 is 5.73 Å². The Morgan fingerprint density at radius 3 is 2.43 bits per heavy atom. The summed E-state index contributed by atoms with van der Waals surface area (Å²) >= 11 is 0. The third kappa shape index (κ3) is 1.17. The maximum Gasteiger partial charge on any atom is 0.127 e. The highest BCUT2D eigenvalue weighted by Gasteiger charge is 2.56. The molecule has 0 spiro atoms. The molecule has 1 nitrogen and oxygen atoms in total. The molecule has 2 atom stereocenters. The summed E-state index contributed by atoms with van der Waals surface area (Å²) in [6, 6.07) is 7.11. The van der Waals surface area contributed by atoms with Gasteiger partial charge in [-0.2, -0.15) is 0 Å². The minimum atomic E-state index is -0.117. The van der Waals surface area contributed by atoms with Crippen LogP contribution >= 0.6 is 0 Å². The van der Waals surface area contributed by atoms with Gasteiger partial charge in [-0.05, 0) is 24.0 Å². The van der Waals surface area contributed by atoms with Gasteiger partial charge in [-0.25, -0.2) is 4.39 Å². The van der Waals surface area contributed by atoms with Crippen LogP contribution in [0.1, 0.15) is 25.8 Å². The zero-order valence-corrected chi connectivity index (χ0v) is 8.63. The van der Waals surface area contributed by atoms with Crippen LogP contribution in [0.4, 0.5) is 4.39 Å². The second-order valence-electron chi connectivity index (χ2n) is 4.49. The molecule has 2 heteroatoms. The minimum Gasteiger partial charge on any atom is -0.327 e. The van der Waals surface area contributed by atoms with E-state index >= 15 is 0 Å². The van der Waals surface area contributed by atoms with Gasteiger partial charge in [0.2, 0.25) is 0 Å². The van der Waals surface area contributed by atoms with Crippen molar-refractivity contribution in [1.29, 1.82) is 0 Å². The molecule has 1 unspecified atom stereocenters. The average Bonchev–Trinajstić information content (AvgIpc) is 2.79. The number of hydrogen-bond acceptors (Lipinski definition) is 1. The smallest absolute Gasteiger partial charge is 0.127 e. The van der Waals surface area contributed by atoms with Crippen molar-refractivity contribution in [2.75, 3.05) is 0 Å². The van der Waals surface area contributed by atoms with E-state index in [2.05, 4.69) is 13.8 Å². The molecule has 0 aromatic heterocycles. The molecule has 2 rings (SSSR count). The highest BCUT2D eigenvalue weighted by Crippen LogP contribution is 2.53. The summed E-state index contributed by atoms with van der Waals surface area (Å²) in [5.41, 5.74) is 6.62. The highest BCUT2D eigenvalue weighted by atomic mass is 19.1. The molecule has 1 fully saturated rings. The van der Waals surface area contributed by atoms with Crippen LogP contribution < -0.4 is 5.73 Å². The van der Waals surface area contributed by atoms with Gasteiger partial charge in [-0.3, -0.25) is 0 Å². The van der Waals surface area contributed by atoms with Crippen LogP contribution in [0.25, 0.3) is 0 Å². The summed E-state index contributed by atoms with van der Waals surface area (Å²) in [6.45, 7) is 4.22. The zero-order valence-electron chi connectivity index (χ0n) is 8.63. The molecule has 1 aromatic rings. The lowest BCUT2D eigenvalue weighted by molar-refractivity contribution is 0.443. The first-order valence-electron chi connectivity index (χ1n) is 5.09. The molecule has 1 aromatic carbocycles. The van der Waals surface area contributed by atoms with Gasteiger partial charge in [0, 0.05) is 11.5 Å². The monoisotopic (exact) mass is 193 g/mol. The molecule has 14 heavy (non-hydrogen) atoms. The van der Waals surface area contributed by atoms with Crippen LogP contribution in [0.5, 0.6) is 0 Å². The van der Waals surface area contributed by atoms with Gasteiger partial charge >= 0.3 is 0 Å². The quantitative estimate of drug-likeness (QED) is 0.767. The molecule has 0 bridgehead atoms. The van der Waals surface area contributed by atoms with E-state index in [1.165, 1.54) is 6.07 Å². The Bertz CT molecular complexity index is 348. The molecule has 1 saturated carbocycles. The summed E-state index contributed by atoms with van der Waals surface area (Å²) in [4.78, 5) is 0. The SMILES string of the molecule is CC(C)C1(c2ccccc2F)C[C@H]1N. The van der Waals surface area contributed by atoms with Gasteiger partial charge in [-0.15, -0.1) is 0 Å². The molecule has 0 aliphatic heterocycles. The highest BCUT2D eigenvalue weighted by molar-refractivity contribution is 5.37. The lowest BCUT2D eigenvalue weighted by atomic mass is 9.84. The first-order valence-corrected chi connectivity index (χ1v) is 5.09. The summed E-state index contributed by atoms with van der Waals surface area (Å²) in [6.07, 6.45) is 0.908. The Kier molecular flexibility index (Phi) is 2.11. The van der Waals surface area contributed by atoms with E-state index in [9.17, 15) is 4.39 Å². The molecule has 76 valence electrons. The molecule has 0 heterocycles. The molecule has 0 saturated heterocycles. The minimum absolute atomic E-state index is 0.106. The third-order valence-corrected chi connectivity index (χ3v) is 3.46. The summed E-state index contributed by atoms with van der Waals surface area (Å²) in [7, 11) is 0. The van der Waals surface area contributed by atoms with Crippen molar-refractivity contribution < 1.29 is 4.39 Å². The topological polar surface area (TPSA) is 26.0 Å². The molecule has 1 aliphatic carbocycles. The first-order chi connectivity index (χ1) is 6.59. The molecule has 0 amide bonds. The van der Waals surface area contributed by atoms with Crippen molar-refractivity contribution >= 4 is 0 Å². The Labute approximate surface area is 84.1 Å². The van der Waals surface area contributed by atoms with E-state index in [1.54, 1.807) is 6.07 Å². The van der Waals surface area contributed by atoms with Crippen LogP contribution in [-0.2, 0) is 5.41 Å². The van der Waals surface area contributed by atoms with Crippen LogP contribution in [0.2, 0.25) is 0 Å². The van der Waals surface area contributed by atoms with Gasteiger partial charge in [0.25, 0.3) is 0 Å². The number of rotatable bonds is 2. The molecular weight excluding hydrogens is 177 g/mol. The number of nitrogens with two attached hydrogens (primary N) is 1. The number of hydrogen-bond donors (Lipinski definition) is 1. The molecule has 2 N–H and O–H groups in total. The molecule has 0 radical (unpaired) electrons. The molecular formula is C12H16FN.